The molecule has 0 bridgehead atoms. The summed E-state index contributed by atoms with van der Waals surface area (Å²) in [7, 11) is -3.89. The predicted molar refractivity (Wildman–Crippen MR) is 111 cm³/mol. The summed E-state index contributed by atoms with van der Waals surface area (Å²) < 4.78 is 39.1. The van der Waals surface area contributed by atoms with Crippen LogP contribution in [0.25, 0.3) is 10.6 Å². The molecule has 4 aromatic rings. The number of aromatic nitrogens is 3. The highest BCUT2D eigenvalue weighted by atomic mass is 79.9. The van der Waals surface area contributed by atoms with E-state index in [1.54, 1.807) is 12.1 Å². The van der Waals surface area contributed by atoms with Crippen molar-refractivity contribution in [2.24, 2.45) is 0 Å². The van der Waals surface area contributed by atoms with Gasteiger partial charge >= 0.3 is 0 Å². The molecule has 0 aliphatic carbocycles. The maximum atomic E-state index is 12.8. The van der Waals surface area contributed by atoms with Crippen molar-refractivity contribution >= 4 is 43.1 Å². The van der Waals surface area contributed by atoms with E-state index in [2.05, 4.69) is 35.8 Å². The average molecular weight is 493 g/mol. The molecule has 1 aromatic carbocycles. The van der Waals surface area contributed by atoms with Crippen LogP contribution in [0.1, 0.15) is 5.56 Å². The number of anilines is 1. The summed E-state index contributed by atoms with van der Waals surface area (Å²) in [6, 6.07) is 14.3. The van der Waals surface area contributed by atoms with Gasteiger partial charge in [0.2, 0.25) is 5.82 Å². The molecular formula is C18H13BrN4O4S2. The van der Waals surface area contributed by atoms with Crippen LogP contribution >= 0.6 is 27.3 Å². The fourth-order valence-electron chi connectivity index (χ4n) is 2.37. The summed E-state index contributed by atoms with van der Waals surface area (Å²) in [5, 5.41) is 3.82. The Morgan fingerprint density at radius 3 is 2.72 bits per heavy atom. The van der Waals surface area contributed by atoms with Crippen LogP contribution in [-0.4, -0.2) is 23.5 Å². The van der Waals surface area contributed by atoms with Gasteiger partial charge in [-0.3, -0.25) is 4.72 Å². The monoisotopic (exact) mass is 492 g/mol. The van der Waals surface area contributed by atoms with Gasteiger partial charge < -0.3 is 9.26 Å². The SMILES string of the molecule is O=S(=O)(Nc1ncc(Br)nc1OCc1ccccc1)c1ccc(-c2ccon2)s1. The standard InChI is InChI=1S/C18H13BrN4O4S2/c19-15-10-20-17(18(21-15)26-11-12-4-2-1-3-5-12)23-29(24,25)16-7-6-14(28-16)13-8-9-27-22-13/h1-10H,11H2,(H,20,23). The number of sulfonamides is 1. The third-order valence-corrected chi connectivity index (χ3v) is 7.02. The highest BCUT2D eigenvalue weighted by Crippen LogP contribution is 2.32. The van der Waals surface area contributed by atoms with E-state index >= 15 is 0 Å². The fraction of sp³-hybridized carbons (Fsp3) is 0.0556. The van der Waals surface area contributed by atoms with Gasteiger partial charge in [0.25, 0.3) is 15.9 Å². The van der Waals surface area contributed by atoms with Gasteiger partial charge in [-0.05, 0) is 33.6 Å². The Bertz CT molecular complexity index is 1210. The number of nitrogens with one attached hydrogen (secondary N) is 1. The highest BCUT2D eigenvalue weighted by Gasteiger charge is 2.22. The first-order chi connectivity index (χ1) is 14.0. The fourth-order valence-corrected chi connectivity index (χ4v) is 4.91. The molecule has 8 nitrogen and oxygen atoms in total. The third-order valence-electron chi connectivity index (χ3n) is 3.70. The molecule has 0 fully saturated rings. The maximum Gasteiger partial charge on any atom is 0.272 e. The van der Waals surface area contributed by atoms with E-state index in [0.717, 1.165) is 16.9 Å². The summed E-state index contributed by atoms with van der Waals surface area (Å²) >= 11 is 4.29. The second-order valence-corrected chi connectivity index (χ2v) is 9.54. The van der Waals surface area contributed by atoms with E-state index in [-0.39, 0.29) is 22.5 Å². The zero-order valence-electron chi connectivity index (χ0n) is 14.6. The van der Waals surface area contributed by atoms with Crippen molar-refractivity contribution in [2.75, 3.05) is 4.72 Å². The van der Waals surface area contributed by atoms with E-state index in [0.29, 0.717) is 15.2 Å². The van der Waals surface area contributed by atoms with Gasteiger partial charge in [0, 0.05) is 6.07 Å². The van der Waals surface area contributed by atoms with Gasteiger partial charge in [0.15, 0.2) is 0 Å². The lowest BCUT2D eigenvalue weighted by molar-refractivity contribution is 0.294. The summed E-state index contributed by atoms with van der Waals surface area (Å²) in [4.78, 5) is 8.98. The van der Waals surface area contributed by atoms with Gasteiger partial charge in [0.05, 0.1) is 11.1 Å². The van der Waals surface area contributed by atoms with Crippen molar-refractivity contribution in [1.82, 2.24) is 15.1 Å². The number of benzene rings is 1. The first kappa shape index (κ1) is 19.6. The molecule has 11 heteroatoms. The van der Waals surface area contributed by atoms with Crippen molar-refractivity contribution in [3.63, 3.8) is 0 Å². The molecule has 148 valence electrons. The molecule has 0 aliphatic heterocycles. The quantitative estimate of drug-likeness (QED) is 0.408. The van der Waals surface area contributed by atoms with E-state index in [4.69, 9.17) is 9.26 Å². The molecule has 0 saturated heterocycles. The van der Waals surface area contributed by atoms with Crippen LogP contribution in [-0.2, 0) is 16.6 Å². The van der Waals surface area contributed by atoms with E-state index in [1.165, 1.54) is 18.5 Å². The number of thiophene rings is 1. The number of hydrogen-bond acceptors (Lipinski definition) is 8. The van der Waals surface area contributed by atoms with Gasteiger partial charge in [-0.25, -0.2) is 18.4 Å². The van der Waals surface area contributed by atoms with E-state index in [9.17, 15) is 8.42 Å². The van der Waals surface area contributed by atoms with Gasteiger partial charge in [-0.1, -0.05) is 35.5 Å². The number of halogens is 1. The molecule has 0 atom stereocenters. The highest BCUT2D eigenvalue weighted by molar-refractivity contribution is 9.10. The summed E-state index contributed by atoms with van der Waals surface area (Å²) in [6.45, 7) is 0.218. The van der Waals surface area contributed by atoms with Crippen LogP contribution in [0.4, 0.5) is 5.82 Å². The molecule has 0 unspecified atom stereocenters. The Morgan fingerprint density at radius 2 is 1.97 bits per heavy atom. The van der Waals surface area contributed by atoms with E-state index in [1.807, 2.05) is 30.3 Å². The van der Waals surface area contributed by atoms with Crippen LogP contribution in [0.3, 0.4) is 0 Å². The van der Waals surface area contributed by atoms with Crippen LogP contribution in [0.15, 0.2) is 74.3 Å². The molecule has 0 radical (unpaired) electrons. The lowest BCUT2D eigenvalue weighted by Gasteiger charge is -2.11. The second-order valence-electron chi connectivity index (χ2n) is 5.73. The molecule has 0 spiro atoms. The third kappa shape index (κ3) is 4.63. The van der Waals surface area contributed by atoms with Gasteiger partial charge in [-0.2, -0.15) is 0 Å². The smallest absolute Gasteiger partial charge is 0.272 e. The predicted octanol–water partition coefficient (Wildman–Crippen LogP) is 4.34. The lowest BCUT2D eigenvalue weighted by Crippen LogP contribution is -2.14. The van der Waals surface area contributed by atoms with Crippen LogP contribution in [0, 0.1) is 0 Å². The molecule has 1 N–H and O–H groups in total. The number of hydrogen-bond donors (Lipinski definition) is 1. The zero-order chi connectivity index (χ0) is 20.3. The second kappa shape index (κ2) is 8.31. The first-order valence-corrected chi connectivity index (χ1v) is 11.3. The van der Waals surface area contributed by atoms with Gasteiger partial charge in [-0.15, -0.1) is 11.3 Å². The summed E-state index contributed by atoms with van der Waals surface area (Å²) in [5.74, 6) is 0.0700. The lowest BCUT2D eigenvalue weighted by atomic mass is 10.2. The molecule has 4 rings (SSSR count). The maximum absolute atomic E-state index is 12.8. The largest absolute Gasteiger partial charge is 0.470 e. The minimum Gasteiger partial charge on any atom is -0.470 e. The summed E-state index contributed by atoms with van der Waals surface area (Å²) in [5.41, 5.74) is 1.48. The number of ether oxygens (including phenoxy) is 1. The van der Waals surface area contributed by atoms with E-state index < -0.39 is 10.0 Å². The zero-order valence-corrected chi connectivity index (χ0v) is 17.9. The van der Waals surface area contributed by atoms with Crippen molar-refractivity contribution < 1.29 is 17.7 Å². The van der Waals surface area contributed by atoms with Crippen LogP contribution in [0.2, 0.25) is 0 Å². The Hall–Kier alpha value is -2.76. The number of rotatable bonds is 7. The minimum atomic E-state index is -3.89. The van der Waals surface area contributed by atoms with Crippen molar-refractivity contribution in [3.05, 3.63) is 71.2 Å². The molecule has 3 heterocycles. The molecule has 0 amide bonds. The van der Waals surface area contributed by atoms with Crippen LogP contribution in [0.5, 0.6) is 5.88 Å². The van der Waals surface area contributed by atoms with Gasteiger partial charge in [0.1, 0.15) is 27.4 Å². The Balaban J connectivity index is 1.56. The van der Waals surface area contributed by atoms with Crippen molar-refractivity contribution in [2.45, 2.75) is 10.8 Å². The minimum absolute atomic E-state index is 0.000479. The Kier molecular flexibility index (Phi) is 5.60. The topological polar surface area (TPSA) is 107 Å². The summed E-state index contributed by atoms with van der Waals surface area (Å²) in [6.07, 6.45) is 2.82. The molecular weight excluding hydrogens is 480 g/mol. The molecule has 29 heavy (non-hydrogen) atoms. The molecule has 0 saturated carbocycles. The first-order valence-electron chi connectivity index (χ1n) is 8.24. The Labute approximate surface area is 178 Å². The number of nitrogens with zero attached hydrogens (tertiary/aromatic N) is 3. The molecule has 0 aliphatic rings. The Morgan fingerprint density at radius 1 is 1.14 bits per heavy atom. The van der Waals surface area contributed by atoms with Crippen molar-refractivity contribution in [3.8, 4) is 16.5 Å². The molecule has 3 aromatic heterocycles. The van der Waals surface area contributed by atoms with Crippen LogP contribution < -0.4 is 9.46 Å². The van der Waals surface area contributed by atoms with Crippen molar-refractivity contribution in [1.29, 1.82) is 0 Å². The average Bonchev–Trinajstić information content (AvgIpc) is 3.41. The normalized spacial score (nSPS) is 11.3.